The Kier molecular flexibility index (Phi) is 7.01. The fraction of sp³-hybridized carbons (Fsp3) is 0.667. The maximum atomic E-state index is 12.5. The molecule has 0 aromatic carbocycles. The van der Waals surface area contributed by atoms with Gasteiger partial charge in [0.2, 0.25) is 5.69 Å². The predicted molar refractivity (Wildman–Crippen MR) is 84.0 cm³/mol. The van der Waals surface area contributed by atoms with Crippen molar-refractivity contribution in [2.24, 2.45) is 12.6 Å². The second-order valence-electron chi connectivity index (χ2n) is 4.97. The first-order valence-corrected chi connectivity index (χ1v) is 8.86. The number of aromatic nitrogens is 2. The van der Waals surface area contributed by atoms with E-state index in [0.29, 0.717) is 19.4 Å². The topological polar surface area (TPSA) is 134 Å². The normalized spacial score (nSPS) is 14.0. The Morgan fingerprint density at radius 2 is 2.00 bits per heavy atom. The molecule has 23 heavy (non-hydrogen) atoms. The van der Waals surface area contributed by atoms with Gasteiger partial charge in [0.15, 0.2) is 12.0 Å². The van der Waals surface area contributed by atoms with Crippen LogP contribution >= 0.6 is 7.67 Å². The summed E-state index contributed by atoms with van der Waals surface area (Å²) in [6, 6.07) is 0. The standard InChI is InChI=1S/C12H22N5O5P/c1-4-6-16(7-5-2)23(13,21)22-9-11-10(8-18)14-12(15(11)3)17(19)20/h8H,4-7,9H2,1-3H3,(H2,13,21). The molecule has 0 bridgehead atoms. The van der Waals surface area contributed by atoms with E-state index in [9.17, 15) is 19.5 Å². The van der Waals surface area contributed by atoms with E-state index in [-0.39, 0.29) is 18.0 Å². The van der Waals surface area contributed by atoms with Crippen molar-refractivity contribution in [2.45, 2.75) is 33.3 Å². The van der Waals surface area contributed by atoms with Crippen LogP contribution in [0.2, 0.25) is 0 Å². The van der Waals surface area contributed by atoms with Crippen LogP contribution in [0, 0.1) is 10.1 Å². The highest BCUT2D eigenvalue weighted by Crippen LogP contribution is 2.43. The van der Waals surface area contributed by atoms with Crippen LogP contribution in [0.4, 0.5) is 5.95 Å². The summed E-state index contributed by atoms with van der Waals surface area (Å²) in [5.74, 6) is -0.489. The summed E-state index contributed by atoms with van der Waals surface area (Å²) >= 11 is 0. The van der Waals surface area contributed by atoms with Crippen LogP contribution in [0.1, 0.15) is 42.9 Å². The SMILES string of the molecule is CCCN(CCC)P(N)(=O)OCc1c(C=O)nc([N+](=O)[O-])n1C. The second-order valence-corrected chi connectivity index (χ2v) is 6.92. The molecule has 11 heteroatoms. The van der Waals surface area contributed by atoms with E-state index in [1.165, 1.54) is 7.05 Å². The van der Waals surface area contributed by atoms with E-state index in [1.807, 2.05) is 13.8 Å². The van der Waals surface area contributed by atoms with Gasteiger partial charge in [-0.05, 0) is 17.8 Å². The minimum Gasteiger partial charge on any atom is -0.390 e. The summed E-state index contributed by atoms with van der Waals surface area (Å²) in [5.41, 5.74) is 5.83. The zero-order valence-corrected chi connectivity index (χ0v) is 14.4. The van der Waals surface area contributed by atoms with Crippen LogP contribution < -0.4 is 5.50 Å². The Bertz CT molecular complexity index is 611. The number of hydrogen-bond acceptors (Lipinski definition) is 6. The highest BCUT2D eigenvalue weighted by molar-refractivity contribution is 7.53. The Morgan fingerprint density at radius 1 is 1.43 bits per heavy atom. The zero-order chi connectivity index (χ0) is 17.6. The molecule has 2 N–H and O–H groups in total. The molecule has 1 unspecified atom stereocenters. The fourth-order valence-corrected chi connectivity index (χ4v) is 3.54. The molecular weight excluding hydrogens is 325 g/mol. The number of aldehydes is 1. The Labute approximate surface area is 134 Å². The first kappa shape index (κ1) is 19.4. The number of rotatable bonds is 10. The highest BCUT2D eigenvalue weighted by atomic mass is 31.2. The van der Waals surface area contributed by atoms with E-state index < -0.39 is 18.5 Å². The largest absolute Gasteiger partial charge is 0.435 e. The molecule has 1 heterocycles. The molecule has 0 amide bonds. The van der Waals surface area contributed by atoms with E-state index in [2.05, 4.69) is 4.98 Å². The van der Waals surface area contributed by atoms with E-state index >= 15 is 0 Å². The molecule has 0 aliphatic rings. The molecule has 1 atom stereocenters. The lowest BCUT2D eigenvalue weighted by Gasteiger charge is -2.26. The van der Waals surface area contributed by atoms with Crippen molar-refractivity contribution in [1.82, 2.24) is 14.2 Å². The summed E-state index contributed by atoms with van der Waals surface area (Å²) in [7, 11) is -2.18. The minimum absolute atomic E-state index is 0.128. The van der Waals surface area contributed by atoms with Gasteiger partial charge in [0.05, 0.1) is 7.05 Å². The summed E-state index contributed by atoms with van der Waals surface area (Å²) in [6.45, 7) is 4.57. The lowest BCUT2D eigenvalue weighted by molar-refractivity contribution is -0.396. The highest BCUT2D eigenvalue weighted by Gasteiger charge is 2.30. The quantitative estimate of drug-likeness (QED) is 0.293. The minimum atomic E-state index is -3.56. The smallest absolute Gasteiger partial charge is 0.390 e. The third kappa shape index (κ3) is 4.68. The molecule has 0 aliphatic carbocycles. The van der Waals surface area contributed by atoms with Gasteiger partial charge in [-0.2, -0.15) is 0 Å². The van der Waals surface area contributed by atoms with Crippen molar-refractivity contribution in [3.05, 3.63) is 21.5 Å². The van der Waals surface area contributed by atoms with E-state index in [1.54, 1.807) is 4.67 Å². The molecular formula is C12H22N5O5P. The molecule has 10 nitrogen and oxygen atoms in total. The molecule has 0 saturated heterocycles. The second kappa shape index (κ2) is 8.30. The summed E-state index contributed by atoms with van der Waals surface area (Å²) in [6.07, 6.45) is 1.89. The van der Waals surface area contributed by atoms with Crippen LogP contribution in [-0.4, -0.2) is 38.5 Å². The molecule has 1 rings (SSSR count). The fourth-order valence-electron chi connectivity index (χ4n) is 2.11. The molecule has 0 radical (unpaired) electrons. The van der Waals surface area contributed by atoms with Gasteiger partial charge >= 0.3 is 13.6 Å². The van der Waals surface area contributed by atoms with Crippen molar-refractivity contribution in [3.63, 3.8) is 0 Å². The van der Waals surface area contributed by atoms with Gasteiger partial charge in [0.25, 0.3) is 0 Å². The van der Waals surface area contributed by atoms with Crippen molar-refractivity contribution in [3.8, 4) is 0 Å². The van der Waals surface area contributed by atoms with Crippen molar-refractivity contribution < 1.29 is 18.8 Å². The van der Waals surface area contributed by atoms with Crippen molar-refractivity contribution >= 4 is 19.9 Å². The molecule has 1 aromatic rings. The van der Waals surface area contributed by atoms with Gasteiger partial charge in [-0.3, -0.25) is 13.9 Å². The molecule has 0 spiro atoms. The van der Waals surface area contributed by atoms with Crippen molar-refractivity contribution in [2.75, 3.05) is 13.1 Å². The van der Waals surface area contributed by atoms with Crippen LogP contribution in [0.5, 0.6) is 0 Å². The van der Waals surface area contributed by atoms with Crippen LogP contribution in [0.3, 0.4) is 0 Å². The average molecular weight is 347 g/mol. The number of imidazole rings is 1. The Morgan fingerprint density at radius 3 is 2.43 bits per heavy atom. The first-order chi connectivity index (χ1) is 10.8. The number of carbonyl (C=O) groups is 1. The maximum Gasteiger partial charge on any atom is 0.435 e. The Balaban J connectivity index is 2.98. The maximum absolute atomic E-state index is 12.5. The van der Waals surface area contributed by atoms with Crippen LogP contribution in [-0.2, 0) is 22.7 Å². The van der Waals surface area contributed by atoms with E-state index in [0.717, 1.165) is 17.4 Å². The lowest BCUT2D eigenvalue weighted by atomic mass is 10.3. The summed E-state index contributed by atoms with van der Waals surface area (Å²) < 4.78 is 20.5. The van der Waals surface area contributed by atoms with Crippen LogP contribution in [0.25, 0.3) is 0 Å². The van der Waals surface area contributed by atoms with Gasteiger partial charge in [0, 0.05) is 13.1 Å². The van der Waals surface area contributed by atoms with Gasteiger partial charge in [-0.25, -0.2) is 14.7 Å². The van der Waals surface area contributed by atoms with E-state index in [4.69, 9.17) is 10.0 Å². The molecule has 0 aliphatic heterocycles. The number of nitro groups is 1. The van der Waals surface area contributed by atoms with Gasteiger partial charge in [0.1, 0.15) is 6.61 Å². The summed E-state index contributed by atoms with van der Waals surface area (Å²) in [5, 5.41) is 10.9. The Hall–Kier alpha value is -1.61. The van der Waals surface area contributed by atoms with Gasteiger partial charge in [-0.15, -0.1) is 0 Å². The molecule has 0 saturated carbocycles. The zero-order valence-electron chi connectivity index (χ0n) is 13.5. The number of nitrogens with zero attached hydrogens (tertiary/aromatic N) is 4. The van der Waals surface area contributed by atoms with Crippen molar-refractivity contribution in [1.29, 1.82) is 0 Å². The number of hydrogen-bond donors (Lipinski definition) is 1. The molecule has 130 valence electrons. The number of carbonyl (C=O) groups excluding carboxylic acids is 1. The molecule has 0 fully saturated rings. The lowest BCUT2D eigenvalue weighted by Crippen LogP contribution is -2.27. The summed E-state index contributed by atoms with van der Waals surface area (Å²) in [4.78, 5) is 24.8. The third-order valence-corrected chi connectivity index (χ3v) is 4.93. The monoisotopic (exact) mass is 347 g/mol. The van der Waals surface area contributed by atoms with Gasteiger partial charge in [-0.1, -0.05) is 18.8 Å². The van der Waals surface area contributed by atoms with Gasteiger partial charge < -0.3 is 10.1 Å². The number of nitrogens with two attached hydrogens (primary N) is 1. The van der Waals surface area contributed by atoms with Crippen LogP contribution in [0.15, 0.2) is 0 Å². The average Bonchev–Trinajstić information content (AvgIpc) is 2.81. The predicted octanol–water partition coefficient (Wildman–Crippen LogP) is 1.85. The molecule has 1 aromatic heterocycles. The third-order valence-electron chi connectivity index (χ3n) is 3.24. The first-order valence-electron chi connectivity index (χ1n) is 7.22.